The molecule has 2 aromatic heterocycles. The molecule has 3 aromatic rings. The van der Waals surface area contributed by atoms with Gasteiger partial charge in [0.2, 0.25) is 5.13 Å². The van der Waals surface area contributed by atoms with Crippen LogP contribution in [0.1, 0.15) is 10.4 Å². The largest absolute Gasteiger partial charge is 0.296 e. The van der Waals surface area contributed by atoms with Crippen molar-refractivity contribution in [1.29, 1.82) is 0 Å². The summed E-state index contributed by atoms with van der Waals surface area (Å²) in [4.78, 5) is 12.0. The molecule has 1 N–H and O–H groups in total. The van der Waals surface area contributed by atoms with Crippen molar-refractivity contribution >= 4 is 45.6 Å². The molecule has 9 heteroatoms. The smallest absolute Gasteiger partial charge is 0.260 e. The van der Waals surface area contributed by atoms with E-state index < -0.39 is 0 Å². The molecule has 106 valence electrons. The lowest BCUT2D eigenvalue weighted by atomic mass is 10.3. The highest BCUT2D eigenvalue weighted by Gasteiger charge is 2.12. The van der Waals surface area contributed by atoms with E-state index in [0.717, 1.165) is 0 Å². The summed E-state index contributed by atoms with van der Waals surface area (Å²) in [7, 11) is 0. The van der Waals surface area contributed by atoms with E-state index in [0.29, 0.717) is 26.4 Å². The van der Waals surface area contributed by atoms with Crippen LogP contribution in [0.4, 0.5) is 5.13 Å². The number of anilines is 1. The highest BCUT2D eigenvalue weighted by atomic mass is 35.5. The fourth-order valence-electron chi connectivity index (χ4n) is 1.64. The molecule has 0 radical (unpaired) electrons. The summed E-state index contributed by atoms with van der Waals surface area (Å²) in [5, 5.41) is 15.5. The van der Waals surface area contributed by atoms with Crippen LogP contribution >= 0.6 is 34.5 Å². The number of nitrogens with one attached hydrogen (secondary N) is 1. The van der Waals surface area contributed by atoms with E-state index in [1.165, 1.54) is 27.7 Å². The molecule has 6 nitrogen and oxygen atoms in total. The molecule has 2 heterocycles. The molecule has 0 saturated heterocycles. The van der Waals surface area contributed by atoms with E-state index >= 15 is 0 Å². The van der Waals surface area contributed by atoms with Gasteiger partial charge >= 0.3 is 0 Å². The van der Waals surface area contributed by atoms with Gasteiger partial charge in [0.1, 0.15) is 5.51 Å². The van der Waals surface area contributed by atoms with Crippen molar-refractivity contribution in [2.45, 2.75) is 0 Å². The lowest BCUT2D eigenvalue weighted by Crippen LogP contribution is -2.10. The first-order valence-corrected chi connectivity index (χ1v) is 7.34. The van der Waals surface area contributed by atoms with E-state index in [2.05, 4.69) is 20.6 Å². The maximum atomic E-state index is 12.0. The first-order chi connectivity index (χ1) is 10.1. The molecule has 0 bridgehead atoms. The number of benzene rings is 1. The third kappa shape index (κ3) is 3.05. The molecule has 0 aliphatic heterocycles. The molecule has 0 aliphatic carbocycles. The molecule has 0 fully saturated rings. The summed E-state index contributed by atoms with van der Waals surface area (Å²) in [6.07, 6.45) is 3.02. The summed E-state index contributed by atoms with van der Waals surface area (Å²) >= 11 is 13.2. The average Bonchev–Trinajstić information content (AvgIpc) is 3.09. The zero-order chi connectivity index (χ0) is 14.8. The molecular weight excluding hydrogens is 333 g/mol. The number of hydrogen-bond acceptors (Lipinski definition) is 5. The van der Waals surface area contributed by atoms with E-state index in [4.69, 9.17) is 23.2 Å². The maximum absolute atomic E-state index is 12.0. The summed E-state index contributed by atoms with van der Waals surface area (Å²) in [5.74, 6) is -0.317. The van der Waals surface area contributed by atoms with E-state index in [1.54, 1.807) is 24.4 Å². The number of amides is 1. The highest BCUT2D eigenvalue weighted by Crippen LogP contribution is 2.24. The van der Waals surface area contributed by atoms with Crippen molar-refractivity contribution in [3.63, 3.8) is 0 Å². The zero-order valence-corrected chi connectivity index (χ0v) is 12.7. The molecular formula is C12H7Cl2N5OS. The predicted octanol–water partition coefficient (Wildman–Crippen LogP) is 3.28. The number of aromatic nitrogens is 4. The van der Waals surface area contributed by atoms with Crippen LogP contribution in [0.5, 0.6) is 0 Å². The Bertz CT molecular complexity index is 787. The van der Waals surface area contributed by atoms with E-state index in [1.807, 2.05) is 0 Å². The van der Waals surface area contributed by atoms with Crippen molar-refractivity contribution in [3.8, 4) is 5.69 Å². The van der Waals surface area contributed by atoms with Gasteiger partial charge in [0.15, 0.2) is 0 Å². The molecule has 21 heavy (non-hydrogen) atoms. The van der Waals surface area contributed by atoms with E-state index in [-0.39, 0.29) is 5.91 Å². The number of rotatable bonds is 3. The Hall–Kier alpha value is -1.96. The van der Waals surface area contributed by atoms with Crippen molar-refractivity contribution < 1.29 is 4.79 Å². The molecule has 1 amide bonds. The van der Waals surface area contributed by atoms with Gasteiger partial charge in [0.25, 0.3) is 5.91 Å². The summed E-state index contributed by atoms with van der Waals surface area (Å²) in [5.41, 5.74) is 2.55. The molecule has 0 aliphatic rings. The van der Waals surface area contributed by atoms with Crippen LogP contribution in [0.2, 0.25) is 10.0 Å². The lowest BCUT2D eigenvalue weighted by Gasteiger charge is -2.04. The minimum atomic E-state index is -0.317. The third-order valence-corrected chi connectivity index (χ3v) is 3.73. The summed E-state index contributed by atoms with van der Waals surface area (Å²) in [6.45, 7) is 0. The minimum absolute atomic E-state index is 0.317. The third-order valence-electron chi connectivity index (χ3n) is 2.58. The number of nitrogens with zero attached hydrogens (tertiary/aromatic N) is 4. The number of carbonyl (C=O) groups is 1. The summed E-state index contributed by atoms with van der Waals surface area (Å²) in [6, 6.07) is 5.04. The summed E-state index contributed by atoms with van der Waals surface area (Å²) < 4.78 is 1.51. The Morgan fingerprint density at radius 1 is 1.33 bits per heavy atom. The average molecular weight is 340 g/mol. The van der Waals surface area contributed by atoms with E-state index in [9.17, 15) is 4.79 Å². The SMILES string of the molecule is O=C(Nc1nncs1)c1cnn(-c2ccc(Cl)cc2Cl)c1. The molecule has 0 spiro atoms. The van der Waals surface area contributed by atoms with Gasteiger partial charge in [0, 0.05) is 11.2 Å². The van der Waals surface area contributed by atoms with Crippen molar-refractivity contribution in [1.82, 2.24) is 20.0 Å². The Morgan fingerprint density at radius 2 is 2.19 bits per heavy atom. The monoisotopic (exact) mass is 339 g/mol. The van der Waals surface area contributed by atoms with Crippen molar-refractivity contribution in [2.24, 2.45) is 0 Å². The fourth-order valence-corrected chi connectivity index (χ4v) is 2.57. The molecule has 1 aromatic carbocycles. The number of halogens is 2. The predicted molar refractivity (Wildman–Crippen MR) is 81.4 cm³/mol. The van der Waals surface area contributed by atoms with Crippen LogP contribution < -0.4 is 5.32 Å². The van der Waals surface area contributed by atoms with Gasteiger partial charge in [-0.15, -0.1) is 10.2 Å². The van der Waals surface area contributed by atoms with Gasteiger partial charge in [-0.25, -0.2) is 4.68 Å². The van der Waals surface area contributed by atoms with Gasteiger partial charge in [0.05, 0.1) is 22.5 Å². The van der Waals surface area contributed by atoms with Crippen LogP contribution in [-0.4, -0.2) is 25.9 Å². The van der Waals surface area contributed by atoms with Gasteiger partial charge in [-0.3, -0.25) is 10.1 Å². The van der Waals surface area contributed by atoms with Gasteiger partial charge in [-0.1, -0.05) is 34.5 Å². The standard InChI is InChI=1S/C12H7Cl2N5OS/c13-8-1-2-10(9(14)3-8)19-5-7(4-16-19)11(20)17-12-18-15-6-21-12/h1-6H,(H,17,18,20). The topological polar surface area (TPSA) is 72.7 Å². The minimum Gasteiger partial charge on any atom is -0.296 e. The van der Waals surface area contributed by atoms with Crippen LogP contribution in [0.15, 0.2) is 36.1 Å². The number of carbonyl (C=O) groups excluding carboxylic acids is 1. The second kappa shape index (κ2) is 5.80. The Kier molecular flexibility index (Phi) is 3.87. The second-order valence-electron chi connectivity index (χ2n) is 3.97. The molecule has 3 rings (SSSR count). The maximum Gasteiger partial charge on any atom is 0.260 e. The normalized spacial score (nSPS) is 10.6. The van der Waals surface area contributed by atoms with Crippen molar-refractivity contribution in [3.05, 3.63) is 51.7 Å². The lowest BCUT2D eigenvalue weighted by molar-refractivity contribution is 0.102. The Balaban J connectivity index is 1.84. The van der Waals surface area contributed by atoms with Crippen LogP contribution in [0.25, 0.3) is 5.69 Å². The quantitative estimate of drug-likeness (QED) is 0.794. The Labute approximate surface area is 133 Å². The molecule has 0 atom stereocenters. The first kappa shape index (κ1) is 14.0. The van der Waals surface area contributed by atoms with Crippen LogP contribution in [0.3, 0.4) is 0 Å². The molecule has 0 saturated carbocycles. The Morgan fingerprint density at radius 3 is 2.90 bits per heavy atom. The van der Waals surface area contributed by atoms with Crippen LogP contribution in [-0.2, 0) is 0 Å². The van der Waals surface area contributed by atoms with Gasteiger partial charge in [-0.05, 0) is 18.2 Å². The van der Waals surface area contributed by atoms with Gasteiger partial charge in [-0.2, -0.15) is 5.10 Å². The first-order valence-electron chi connectivity index (χ1n) is 5.71. The van der Waals surface area contributed by atoms with Crippen LogP contribution in [0, 0.1) is 0 Å². The molecule has 0 unspecified atom stereocenters. The van der Waals surface area contributed by atoms with Crippen molar-refractivity contribution in [2.75, 3.05) is 5.32 Å². The van der Waals surface area contributed by atoms with Gasteiger partial charge < -0.3 is 0 Å². The second-order valence-corrected chi connectivity index (χ2v) is 5.64. The fraction of sp³-hybridized carbons (Fsp3) is 0. The zero-order valence-electron chi connectivity index (χ0n) is 10.3. The number of hydrogen-bond donors (Lipinski definition) is 1. The highest BCUT2D eigenvalue weighted by molar-refractivity contribution is 7.13.